The van der Waals surface area contributed by atoms with Gasteiger partial charge in [-0.15, -0.1) is 0 Å². The molecule has 5 heteroatoms. The first-order valence-corrected chi connectivity index (χ1v) is 6.22. The number of aryl methyl sites for hydroxylation is 1. The van der Waals surface area contributed by atoms with Gasteiger partial charge in [-0.2, -0.15) is 0 Å². The number of nitrogens with two attached hydrogens (primary N) is 1. The van der Waals surface area contributed by atoms with Gasteiger partial charge in [0.1, 0.15) is 12.4 Å². The Kier molecular flexibility index (Phi) is 5.88. The second-order valence-electron chi connectivity index (χ2n) is 4.79. The fourth-order valence-corrected chi connectivity index (χ4v) is 1.68. The fourth-order valence-electron chi connectivity index (χ4n) is 1.68. The summed E-state index contributed by atoms with van der Waals surface area (Å²) in [4.78, 5) is 11.3. The van der Waals surface area contributed by atoms with E-state index in [0.717, 1.165) is 18.4 Å². The van der Waals surface area contributed by atoms with E-state index >= 15 is 0 Å². The molecule has 1 amide bonds. The van der Waals surface area contributed by atoms with Crippen molar-refractivity contribution in [1.29, 1.82) is 0 Å². The van der Waals surface area contributed by atoms with Crippen LogP contribution in [0.4, 0.5) is 0 Å². The molecule has 1 aromatic rings. The number of amides is 1. The summed E-state index contributed by atoms with van der Waals surface area (Å²) in [5.41, 5.74) is 2.81. The van der Waals surface area contributed by atoms with Crippen LogP contribution in [0.2, 0.25) is 0 Å². The highest BCUT2D eigenvalue weighted by atomic mass is 16.5. The predicted molar refractivity (Wildman–Crippen MR) is 68.8 cm³/mol. The summed E-state index contributed by atoms with van der Waals surface area (Å²) >= 11 is 0. The molecule has 1 aromatic heterocycles. The molecule has 1 rings (SSSR count). The first-order valence-electron chi connectivity index (χ1n) is 6.22. The van der Waals surface area contributed by atoms with Crippen molar-refractivity contribution >= 4 is 5.91 Å². The Morgan fingerprint density at radius 1 is 1.56 bits per heavy atom. The van der Waals surface area contributed by atoms with E-state index < -0.39 is 5.91 Å². The molecular weight excluding hydrogens is 232 g/mol. The lowest BCUT2D eigenvalue weighted by Gasteiger charge is -2.04. The molecular formula is C13H22N2O3. The molecule has 0 aromatic carbocycles. The lowest BCUT2D eigenvalue weighted by Crippen LogP contribution is -2.30. The summed E-state index contributed by atoms with van der Waals surface area (Å²) in [6.07, 6.45) is 2.19. The van der Waals surface area contributed by atoms with E-state index in [2.05, 4.69) is 19.3 Å². The van der Waals surface area contributed by atoms with Crippen LogP contribution < -0.4 is 11.3 Å². The van der Waals surface area contributed by atoms with Gasteiger partial charge >= 0.3 is 5.91 Å². The quantitative estimate of drug-likeness (QED) is 0.338. The molecule has 1 heterocycles. The van der Waals surface area contributed by atoms with E-state index in [-0.39, 0.29) is 5.76 Å². The molecule has 0 aliphatic rings. The van der Waals surface area contributed by atoms with Crippen LogP contribution in [-0.4, -0.2) is 12.5 Å². The normalized spacial score (nSPS) is 10.9. The van der Waals surface area contributed by atoms with Gasteiger partial charge in [0, 0.05) is 12.2 Å². The number of furan rings is 1. The van der Waals surface area contributed by atoms with Crippen molar-refractivity contribution in [2.24, 2.45) is 11.8 Å². The average molecular weight is 254 g/mol. The maximum Gasteiger partial charge on any atom is 0.301 e. The van der Waals surface area contributed by atoms with Gasteiger partial charge in [0.15, 0.2) is 5.76 Å². The Labute approximate surface area is 108 Å². The number of carbonyl (C=O) groups excluding carboxylic acids is 1. The van der Waals surface area contributed by atoms with Gasteiger partial charge in [-0.25, -0.2) is 5.84 Å². The molecule has 0 fully saturated rings. The minimum Gasteiger partial charge on any atom is -0.453 e. The Morgan fingerprint density at radius 2 is 2.28 bits per heavy atom. The zero-order valence-corrected chi connectivity index (χ0v) is 11.3. The number of nitrogens with one attached hydrogen (secondary N) is 1. The van der Waals surface area contributed by atoms with Crippen LogP contribution in [0, 0.1) is 12.8 Å². The van der Waals surface area contributed by atoms with Gasteiger partial charge in [-0.1, -0.05) is 13.8 Å². The van der Waals surface area contributed by atoms with E-state index in [1.54, 1.807) is 13.0 Å². The van der Waals surface area contributed by atoms with Crippen molar-refractivity contribution in [3.05, 3.63) is 23.2 Å². The number of hydrogen-bond donors (Lipinski definition) is 2. The SMILES string of the molecule is Cc1cc(COCCCC(C)C)oc1C(=O)NN. The molecule has 0 bridgehead atoms. The van der Waals surface area contributed by atoms with Gasteiger partial charge in [0.05, 0.1) is 0 Å². The third kappa shape index (κ3) is 4.50. The fraction of sp³-hybridized carbons (Fsp3) is 0.615. The van der Waals surface area contributed by atoms with Crippen LogP contribution in [-0.2, 0) is 11.3 Å². The standard InChI is InChI=1S/C13H22N2O3/c1-9(2)5-4-6-17-8-11-7-10(3)12(18-11)13(16)15-14/h7,9H,4-6,8,14H2,1-3H3,(H,15,16). The summed E-state index contributed by atoms with van der Waals surface area (Å²) in [6.45, 7) is 7.27. The smallest absolute Gasteiger partial charge is 0.301 e. The maximum absolute atomic E-state index is 11.3. The Balaban J connectivity index is 2.37. The summed E-state index contributed by atoms with van der Waals surface area (Å²) in [5.74, 6) is 6.23. The number of hydrazine groups is 1. The lowest BCUT2D eigenvalue weighted by atomic mass is 10.1. The molecule has 3 N–H and O–H groups in total. The van der Waals surface area contributed by atoms with Gasteiger partial charge in [0.2, 0.25) is 0 Å². The van der Waals surface area contributed by atoms with Crippen molar-refractivity contribution in [3.8, 4) is 0 Å². The highest BCUT2D eigenvalue weighted by Gasteiger charge is 2.14. The number of carbonyl (C=O) groups is 1. The maximum atomic E-state index is 11.3. The van der Waals surface area contributed by atoms with Gasteiger partial charge in [0.25, 0.3) is 0 Å². The van der Waals surface area contributed by atoms with Crippen LogP contribution >= 0.6 is 0 Å². The van der Waals surface area contributed by atoms with E-state index in [1.807, 2.05) is 0 Å². The van der Waals surface area contributed by atoms with E-state index in [4.69, 9.17) is 15.0 Å². The molecule has 0 radical (unpaired) electrons. The molecule has 0 aliphatic carbocycles. The third-order valence-electron chi connectivity index (χ3n) is 2.62. The third-order valence-corrected chi connectivity index (χ3v) is 2.62. The average Bonchev–Trinajstić information content (AvgIpc) is 2.69. The number of hydrogen-bond acceptors (Lipinski definition) is 4. The zero-order valence-electron chi connectivity index (χ0n) is 11.3. The van der Waals surface area contributed by atoms with E-state index in [1.165, 1.54) is 0 Å². The van der Waals surface area contributed by atoms with Gasteiger partial charge < -0.3 is 9.15 Å². The second-order valence-corrected chi connectivity index (χ2v) is 4.79. The Hall–Kier alpha value is -1.33. The topological polar surface area (TPSA) is 77.5 Å². The van der Waals surface area contributed by atoms with Crippen molar-refractivity contribution in [3.63, 3.8) is 0 Å². The number of ether oxygens (including phenoxy) is 1. The Bertz CT molecular complexity index is 386. The second kappa shape index (κ2) is 7.18. The molecule has 0 spiro atoms. The molecule has 102 valence electrons. The number of nitrogen functional groups attached to an aromatic ring is 1. The molecule has 0 unspecified atom stereocenters. The van der Waals surface area contributed by atoms with Crippen LogP contribution in [0.3, 0.4) is 0 Å². The van der Waals surface area contributed by atoms with Crippen molar-refractivity contribution in [2.45, 2.75) is 40.2 Å². The lowest BCUT2D eigenvalue weighted by molar-refractivity contribution is 0.0884. The molecule has 0 saturated carbocycles. The van der Waals surface area contributed by atoms with Crippen molar-refractivity contribution in [1.82, 2.24) is 5.43 Å². The van der Waals surface area contributed by atoms with Crippen LogP contribution in [0.5, 0.6) is 0 Å². The minimum absolute atomic E-state index is 0.248. The van der Waals surface area contributed by atoms with Crippen molar-refractivity contribution in [2.75, 3.05) is 6.61 Å². The van der Waals surface area contributed by atoms with Crippen LogP contribution in [0.25, 0.3) is 0 Å². The monoisotopic (exact) mass is 254 g/mol. The Morgan fingerprint density at radius 3 is 2.89 bits per heavy atom. The molecule has 0 saturated heterocycles. The molecule has 0 atom stereocenters. The highest BCUT2D eigenvalue weighted by Crippen LogP contribution is 2.15. The van der Waals surface area contributed by atoms with E-state index in [9.17, 15) is 4.79 Å². The predicted octanol–water partition coefficient (Wildman–Crippen LogP) is 2.14. The van der Waals surface area contributed by atoms with Gasteiger partial charge in [-0.3, -0.25) is 10.2 Å². The largest absolute Gasteiger partial charge is 0.453 e. The molecule has 18 heavy (non-hydrogen) atoms. The van der Waals surface area contributed by atoms with Crippen LogP contribution in [0.15, 0.2) is 10.5 Å². The first-order chi connectivity index (χ1) is 8.54. The number of rotatable bonds is 7. The summed E-state index contributed by atoms with van der Waals surface area (Å²) in [7, 11) is 0. The van der Waals surface area contributed by atoms with Gasteiger partial charge in [-0.05, 0) is 31.7 Å². The molecule has 5 nitrogen and oxygen atoms in total. The van der Waals surface area contributed by atoms with E-state index in [0.29, 0.717) is 24.9 Å². The van der Waals surface area contributed by atoms with Crippen LogP contribution in [0.1, 0.15) is 48.6 Å². The summed E-state index contributed by atoms with van der Waals surface area (Å²) in [6, 6.07) is 1.80. The molecule has 0 aliphatic heterocycles. The zero-order chi connectivity index (χ0) is 13.5. The highest BCUT2D eigenvalue weighted by molar-refractivity contribution is 5.92. The minimum atomic E-state index is -0.418. The summed E-state index contributed by atoms with van der Waals surface area (Å²) < 4.78 is 10.9. The first kappa shape index (κ1) is 14.7. The summed E-state index contributed by atoms with van der Waals surface area (Å²) in [5, 5.41) is 0. The van der Waals surface area contributed by atoms with Crippen molar-refractivity contribution < 1.29 is 13.9 Å².